The van der Waals surface area contributed by atoms with Gasteiger partial charge in [-0.2, -0.15) is 0 Å². The van der Waals surface area contributed by atoms with Gasteiger partial charge in [-0.1, -0.05) is 90.0 Å². The van der Waals surface area contributed by atoms with Crippen molar-refractivity contribution in [1.29, 1.82) is 0 Å². The van der Waals surface area contributed by atoms with Crippen molar-refractivity contribution in [2.75, 3.05) is 12.0 Å². The van der Waals surface area contributed by atoms with E-state index in [1.165, 1.54) is 0 Å². The van der Waals surface area contributed by atoms with Crippen molar-refractivity contribution in [3.63, 3.8) is 0 Å². The summed E-state index contributed by atoms with van der Waals surface area (Å²) in [6.07, 6.45) is 3.85. The molecule has 1 atom stereocenters. The number of amides is 1. The molecular formula is C24H19Cl2NO2. The van der Waals surface area contributed by atoms with Crippen LogP contribution in [0.25, 0.3) is 17.2 Å². The Labute approximate surface area is 180 Å². The van der Waals surface area contributed by atoms with E-state index in [1.54, 1.807) is 24.1 Å². The Morgan fingerprint density at radius 2 is 1.59 bits per heavy atom. The molecule has 1 heterocycles. The zero-order valence-corrected chi connectivity index (χ0v) is 17.3. The highest BCUT2D eigenvalue weighted by Crippen LogP contribution is 2.45. The van der Waals surface area contributed by atoms with Crippen LogP contribution in [0.15, 0.2) is 84.9 Å². The Bertz CT molecular complexity index is 1050. The van der Waals surface area contributed by atoms with E-state index in [0.29, 0.717) is 5.75 Å². The first-order chi connectivity index (χ1) is 14.0. The molecule has 0 bridgehead atoms. The van der Waals surface area contributed by atoms with Gasteiger partial charge in [-0.25, -0.2) is 0 Å². The number of methoxy groups -OCH3 is 1. The molecule has 1 fully saturated rings. The Morgan fingerprint density at radius 1 is 0.931 bits per heavy atom. The summed E-state index contributed by atoms with van der Waals surface area (Å²) < 4.78 is 3.70. The van der Waals surface area contributed by atoms with Gasteiger partial charge in [-0.05, 0) is 41.0 Å². The highest BCUT2D eigenvalue weighted by molar-refractivity contribution is 6.63. The zero-order valence-electron chi connectivity index (χ0n) is 15.8. The molecule has 5 heteroatoms. The van der Waals surface area contributed by atoms with E-state index in [4.69, 9.17) is 27.9 Å². The Morgan fingerprint density at radius 3 is 2.28 bits per heavy atom. The largest absolute Gasteiger partial charge is 0.497 e. The molecule has 29 heavy (non-hydrogen) atoms. The van der Waals surface area contributed by atoms with Gasteiger partial charge in [0, 0.05) is 5.69 Å². The molecule has 3 aromatic rings. The number of benzene rings is 3. The number of alkyl halides is 2. The number of carbonyl (C=O) groups is 1. The molecular weight excluding hydrogens is 405 g/mol. The number of halogens is 2. The van der Waals surface area contributed by atoms with Crippen molar-refractivity contribution >= 4 is 40.9 Å². The van der Waals surface area contributed by atoms with E-state index >= 15 is 0 Å². The molecule has 4 rings (SSSR count). The maximum absolute atomic E-state index is 12.5. The second kappa shape index (κ2) is 7.94. The lowest BCUT2D eigenvalue weighted by Gasteiger charge is -2.47. The summed E-state index contributed by atoms with van der Waals surface area (Å²) in [5.41, 5.74) is 3.96. The van der Waals surface area contributed by atoms with Gasteiger partial charge in [-0.3, -0.25) is 9.69 Å². The van der Waals surface area contributed by atoms with Gasteiger partial charge in [0.15, 0.2) is 0 Å². The standard InChI is InChI=1S/C24H19Cl2NO2/c1-29-20-14-12-19(13-15-20)27-22(24(25,26)23(27)28)16-11-18-9-5-6-10-21(18)17-7-3-2-4-8-17/h2-16,22H,1H3. The van der Waals surface area contributed by atoms with Crippen molar-refractivity contribution in [3.8, 4) is 16.9 Å². The van der Waals surface area contributed by atoms with E-state index in [1.807, 2.05) is 60.7 Å². The third kappa shape index (κ3) is 3.64. The molecule has 0 aromatic heterocycles. The topological polar surface area (TPSA) is 29.5 Å². The molecule has 0 N–H and O–H groups in total. The number of β-lactam (4-membered cyclic amide) rings is 1. The minimum atomic E-state index is -1.49. The summed E-state index contributed by atoms with van der Waals surface area (Å²) in [5, 5.41) is 0. The van der Waals surface area contributed by atoms with Gasteiger partial charge in [0.2, 0.25) is 4.33 Å². The number of anilines is 1. The monoisotopic (exact) mass is 423 g/mol. The third-order valence-corrected chi connectivity index (χ3v) is 5.78. The summed E-state index contributed by atoms with van der Waals surface area (Å²) in [6.45, 7) is 0. The zero-order chi connectivity index (χ0) is 20.4. The molecule has 3 aromatic carbocycles. The van der Waals surface area contributed by atoms with Gasteiger partial charge in [0.05, 0.1) is 13.2 Å². The van der Waals surface area contributed by atoms with Crippen LogP contribution < -0.4 is 9.64 Å². The summed E-state index contributed by atoms with van der Waals surface area (Å²) in [7, 11) is 1.60. The minimum Gasteiger partial charge on any atom is -0.497 e. The van der Waals surface area contributed by atoms with Crippen molar-refractivity contribution in [2.45, 2.75) is 10.4 Å². The SMILES string of the molecule is COc1ccc(N2C(=O)C(Cl)(Cl)C2C=Cc2ccccc2-c2ccccc2)cc1. The molecule has 0 saturated carbocycles. The van der Waals surface area contributed by atoms with Crippen LogP contribution in [0.4, 0.5) is 5.69 Å². The van der Waals surface area contributed by atoms with E-state index in [9.17, 15) is 4.79 Å². The molecule has 1 saturated heterocycles. The number of ether oxygens (including phenoxy) is 1. The Balaban J connectivity index is 1.65. The van der Waals surface area contributed by atoms with Crippen LogP contribution in [0.5, 0.6) is 5.75 Å². The fourth-order valence-corrected chi connectivity index (χ4v) is 3.98. The van der Waals surface area contributed by atoms with Gasteiger partial charge in [0.25, 0.3) is 5.91 Å². The fraction of sp³-hybridized carbons (Fsp3) is 0.125. The summed E-state index contributed by atoms with van der Waals surface area (Å²) in [4.78, 5) is 14.1. The molecule has 1 unspecified atom stereocenters. The van der Waals surface area contributed by atoms with Crippen molar-refractivity contribution < 1.29 is 9.53 Å². The lowest BCUT2D eigenvalue weighted by Crippen LogP contribution is -2.68. The van der Waals surface area contributed by atoms with Crippen molar-refractivity contribution in [3.05, 3.63) is 90.5 Å². The van der Waals surface area contributed by atoms with Gasteiger partial charge in [-0.15, -0.1) is 0 Å². The van der Waals surface area contributed by atoms with Gasteiger partial charge < -0.3 is 4.74 Å². The van der Waals surface area contributed by atoms with Crippen LogP contribution in [0, 0.1) is 0 Å². The first-order valence-electron chi connectivity index (χ1n) is 9.20. The van der Waals surface area contributed by atoms with Gasteiger partial charge in [0.1, 0.15) is 5.75 Å². The Kier molecular flexibility index (Phi) is 5.35. The lowest BCUT2D eigenvalue weighted by atomic mass is 9.95. The summed E-state index contributed by atoms with van der Waals surface area (Å²) in [5.74, 6) is 0.380. The second-order valence-corrected chi connectivity index (χ2v) is 8.14. The van der Waals surface area contributed by atoms with Crippen LogP contribution in [-0.4, -0.2) is 23.4 Å². The first-order valence-corrected chi connectivity index (χ1v) is 9.96. The Hall–Kier alpha value is -2.75. The number of nitrogens with zero attached hydrogens (tertiary/aromatic N) is 1. The van der Waals surface area contributed by atoms with Crippen molar-refractivity contribution in [1.82, 2.24) is 0 Å². The first kappa shape index (κ1) is 19.6. The van der Waals surface area contributed by atoms with Gasteiger partial charge >= 0.3 is 0 Å². The van der Waals surface area contributed by atoms with Crippen LogP contribution in [0.2, 0.25) is 0 Å². The number of hydrogen-bond donors (Lipinski definition) is 0. The predicted molar refractivity (Wildman–Crippen MR) is 120 cm³/mol. The number of rotatable bonds is 5. The predicted octanol–water partition coefficient (Wildman–Crippen LogP) is 5.96. The highest BCUT2D eigenvalue weighted by atomic mass is 35.5. The number of carbonyl (C=O) groups excluding carboxylic acids is 1. The fourth-order valence-electron chi connectivity index (χ4n) is 3.45. The molecule has 0 aliphatic carbocycles. The van der Waals surface area contributed by atoms with E-state index in [2.05, 4.69) is 18.2 Å². The molecule has 0 spiro atoms. The average Bonchev–Trinajstić information content (AvgIpc) is 2.77. The van der Waals surface area contributed by atoms with Crippen LogP contribution in [0.1, 0.15) is 5.56 Å². The van der Waals surface area contributed by atoms with Crippen LogP contribution in [0.3, 0.4) is 0 Å². The summed E-state index contributed by atoms with van der Waals surface area (Å²) in [6, 6.07) is 25.0. The molecule has 1 aliphatic heterocycles. The molecule has 3 nitrogen and oxygen atoms in total. The van der Waals surface area contributed by atoms with Crippen molar-refractivity contribution in [2.24, 2.45) is 0 Å². The smallest absolute Gasteiger partial charge is 0.266 e. The lowest BCUT2D eigenvalue weighted by molar-refractivity contribution is -0.124. The maximum Gasteiger partial charge on any atom is 0.266 e. The third-order valence-electron chi connectivity index (χ3n) is 5.01. The average molecular weight is 424 g/mol. The van der Waals surface area contributed by atoms with E-state index < -0.39 is 10.4 Å². The summed E-state index contributed by atoms with van der Waals surface area (Å²) >= 11 is 12.7. The normalized spacial score (nSPS) is 18.0. The second-order valence-electron chi connectivity index (χ2n) is 6.75. The maximum atomic E-state index is 12.5. The van der Waals surface area contributed by atoms with E-state index in [0.717, 1.165) is 22.4 Å². The molecule has 1 aliphatic rings. The van der Waals surface area contributed by atoms with Crippen LogP contribution >= 0.6 is 23.2 Å². The molecule has 146 valence electrons. The quantitative estimate of drug-likeness (QED) is 0.373. The van der Waals surface area contributed by atoms with E-state index in [-0.39, 0.29) is 5.91 Å². The molecule has 0 radical (unpaired) electrons. The minimum absolute atomic E-state index is 0.336. The molecule has 1 amide bonds. The number of hydrogen-bond acceptors (Lipinski definition) is 2. The van der Waals surface area contributed by atoms with Crippen LogP contribution in [-0.2, 0) is 4.79 Å². The highest BCUT2D eigenvalue weighted by Gasteiger charge is 2.58.